The quantitative estimate of drug-likeness (QED) is 0.618. The molecule has 0 radical (unpaired) electrons. The second kappa shape index (κ2) is 8.86. The highest BCUT2D eigenvalue weighted by molar-refractivity contribution is 4.82. The summed E-state index contributed by atoms with van der Waals surface area (Å²) in [6, 6.07) is 0.563. The van der Waals surface area contributed by atoms with E-state index in [4.69, 9.17) is 5.73 Å². The monoisotopic (exact) mass is 259 g/mol. The van der Waals surface area contributed by atoms with Crippen LogP contribution in [0.4, 0.5) is 0 Å². The summed E-state index contributed by atoms with van der Waals surface area (Å²) in [4.78, 5) is 4.70. The Morgan fingerprint density at radius 2 is 1.89 bits per heavy atom. The van der Waals surface area contributed by atoms with Crippen molar-refractivity contribution in [3.05, 3.63) is 0 Å². The molecule has 0 spiro atoms. The smallest absolute Gasteiger partial charge is 0.0611 e. The van der Waals surface area contributed by atoms with Crippen LogP contribution in [0.3, 0.4) is 0 Å². The summed E-state index contributed by atoms with van der Waals surface area (Å²) in [7, 11) is 4.22. The fourth-order valence-corrected chi connectivity index (χ4v) is 2.34. The van der Waals surface area contributed by atoms with Crippen molar-refractivity contribution in [2.24, 2.45) is 5.73 Å². The van der Waals surface area contributed by atoms with E-state index < -0.39 is 0 Å². The SMILES string of the molecule is CCN(CCCC(N)(CC)CO)C(C)CN(C)C. The van der Waals surface area contributed by atoms with Gasteiger partial charge < -0.3 is 15.7 Å². The minimum absolute atomic E-state index is 0.0862. The Hall–Kier alpha value is -0.160. The van der Waals surface area contributed by atoms with E-state index in [0.29, 0.717) is 6.04 Å². The minimum atomic E-state index is -0.385. The van der Waals surface area contributed by atoms with E-state index in [1.165, 1.54) is 0 Å². The zero-order valence-corrected chi connectivity index (χ0v) is 12.9. The molecular formula is C14H33N3O. The van der Waals surface area contributed by atoms with Crippen LogP contribution in [-0.4, -0.2) is 66.8 Å². The van der Waals surface area contributed by atoms with E-state index in [1.54, 1.807) is 0 Å². The van der Waals surface area contributed by atoms with Crippen molar-refractivity contribution in [1.29, 1.82) is 0 Å². The van der Waals surface area contributed by atoms with Gasteiger partial charge in [0.25, 0.3) is 0 Å². The average Bonchev–Trinajstić information content (AvgIpc) is 2.33. The van der Waals surface area contributed by atoms with Crippen LogP contribution in [-0.2, 0) is 0 Å². The number of nitrogens with zero attached hydrogens (tertiary/aromatic N) is 2. The highest BCUT2D eigenvalue weighted by Crippen LogP contribution is 2.14. The van der Waals surface area contributed by atoms with Gasteiger partial charge in [0, 0.05) is 18.1 Å². The molecule has 4 heteroatoms. The molecule has 18 heavy (non-hydrogen) atoms. The molecule has 4 nitrogen and oxygen atoms in total. The van der Waals surface area contributed by atoms with Gasteiger partial charge in [0.1, 0.15) is 0 Å². The predicted octanol–water partition coefficient (Wildman–Crippen LogP) is 1.14. The first-order valence-corrected chi connectivity index (χ1v) is 7.17. The van der Waals surface area contributed by atoms with Gasteiger partial charge in [-0.25, -0.2) is 0 Å². The van der Waals surface area contributed by atoms with Gasteiger partial charge in [0.15, 0.2) is 0 Å². The van der Waals surface area contributed by atoms with Gasteiger partial charge in [-0.15, -0.1) is 0 Å². The van der Waals surface area contributed by atoms with Crippen molar-refractivity contribution in [2.45, 2.75) is 51.6 Å². The summed E-state index contributed by atoms with van der Waals surface area (Å²) < 4.78 is 0. The first-order chi connectivity index (χ1) is 8.38. The molecule has 0 fully saturated rings. The summed E-state index contributed by atoms with van der Waals surface area (Å²) in [5, 5.41) is 9.29. The number of hydrogen-bond acceptors (Lipinski definition) is 4. The van der Waals surface area contributed by atoms with Crippen molar-refractivity contribution in [3.8, 4) is 0 Å². The first-order valence-electron chi connectivity index (χ1n) is 7.17. The summed E-state index contributed by atoms with van der Waals surface area (Å²) in [6.45, 7) is 9.81. The molecule has 2 atom stereocenters. The van der Waals surface area contributed by atoms with E-state index in [9.17, 15) is 5.11 Å². The Labute approximate surface area is 113 Å². The zero-order valence-electron chi connectivity index (χ0n) is 12.9. The first kappa shape index (κ1) is 17.8. The maximum absolute atomic E-state index is 9.29. The topological polar surface area (TPSA) is 52.7 Å². The van der Waals surface area contributed by atoms with Crippen molar-refractivity contribution < 1.29 is 5.11 Å². The van der Waals surface area contributed by atoms with E-state index in [2.05, 4.69) is 37.7 Å². The number of nitrogens with two attached hydrogens (primary N) is 1. The van der Waals surface area contributed by atoms with Gasteiger partial charge in [-0.2, -0.15) is 0 Å². The highest BCUT2D eigenvalue weighted by Gasteiger charge is 2.21. The van der Waals surface area contributed by atoms with Crippen molar-refractivity contribution in [2.75, 3.05) is 40.3 Å². The molecule has 0 saturated carbocycles. The van der Waals surface area contributed by atoms with Gasteiger partial charge in [-0.05, 0) is 53.4 Å². The molecule has 0 heterocycles. The van der Waals surface area contributed by atoms with Crippen LogP contribution >= 0.6 is 0 Å². The molecule has 0 bridgehead atoms. The second-order valence-corrected chi connectivity index (χ2v) is 5.72. The van der Waals surface area contributed by atoms with Gasteiger partial charge in [-0.1, -0.05) is 13.8 Å². The van der Waals surface area contributed by atoms with Crippen LogP contribution in [0, 0.1) is 0 Å². The number of aliphatic hydroxyl groups excluding tert-OH is 1. The molecule has 2 unspecified atom stereocenters. The lowest BCUT2D eigenvalue weighted by molar-refractivity contribution is 0.153. The molecular weight excluding hydrogens is 226 g/mol. The minimum Gasteiger partial charge on any atom is -0.394 e. The Bertz CT molecular complexity index is 205. The Kier molecular flexibility index (Phi) is 8.78. The van der Waals surface area contributed by atoms with Crippen LogP contribution in [0.25, 0.3) is 0 Å². The largest absolute Gasteiger partial charge is 0.394 e. The lowest BCUT2D eigenvalue weighted by Crippen LogP contribution is -2.45. The van der Waals surface area contributed by atoms with Crippen molar-refractivity contribution in [1.82, 2.24) is 9.80 Å². The van der Waals surface area contributed by atoms with Gasteiger partial charge >= 0.3 is 0 Å². The molecule has 0 aliphatic heterocycles. The molecule has 0 aliphatic rings. The van der Waals surface area contributed by atoms with Crippen LogP contribution < -0.4 is 5.73 Å². The van der Waals surface area contributed by atoms with E-state index >= 15 is 0 Å². The van der Waals surface area contributed by atoms with Crippen molar-refractivity contribution in [3.63, 3.8) is 0 Å². The highest BCUT2D eigenvalue weighted by atomic mass is 16.3. The zero-order chi connectivity index (χ0) is 14.2. The van der Waals surface area contributed by atoms with E-state index in [1.807, 2.05) is 6.92 Å². The molecule has 0 aromatic carbocycles. The van der Waals surface area contributed by atoms with Gasteiger partial charge in [0.2, 0.25) is 0 Å². The summed E-state index contributed by atoms with van der Waals surface area (Å²) >= 11 is 0. The Morgan fingerprint density at radius 1 is 1.28 bits per heavy atom. The number of hydrogen-bond donors (Lipinski definition) is 2. The molecule has 3 N–H and O–H groups in total. The summed E-state index contributed by atoms with van der Waals surface area (Å²) in [5.41, 5.74) is 5.72. The second-order valence-electron chi connectivity index (χ2n) is 5.72. The number of rotatable bonds is 10. The van der Waals surface area contributed by atoms with E-state index in [-0.39, 0.29) is 12.1 Å². The standard InChI is InChI=1S/C14H33N3O/c1-6-14(15,12-18)9-8-10-17(7-2)13(3)11-16(4)5/h13,18H,6-12,15H2,1-5H3. The predicted molar refractivity (Wildman–Crippen MR) is 78.8 cm³/mol. The van der Waals surface area contributed by atoms with Gasteiger partial charge in [-0.3, -0.25) is 4.90 Å². The molecule has 0 rings (SSSR count). The normalized spacial score (nSPS) is 17.2. The maximum atomic E-state index is 9.29. The fraction of sp³-hybridized carbons (Fsp3) is 1.00. The van der Waals surface area contributed by atoms with Crippen LogP contribution in [0.5, 0.6) is 0 Å². The maximum Gasteiger partial charge on any atom is 0.0611 e. The fourth-order valence-electron chi connectivity index (χ4n) is 2.34. The van der Waals surface area contributed by atoms with Crippen LogP contribution in [0.15, 0.2) is 0 Å². The Balaban J connectivity index is 4.07. The molecule has 110 valence electrons. The Morgan fingerprint density at radius 3 is 2.28 bits per heavy atom. The van der Waals surface area contributed by atoms with Crippen LogP contribution in [0.1, 0.15) is 40.0 Å². The van der Waals surface area contributed by atoms with E-state index in [0.717, 1.165) is 38.9 Å². The average molecular weight is 259 g/mol. The van der Waals surface area contributed by atoms with Crippen molar-refractivity contribution >= 4 is 0 Å². The molecule has 0 saturated heterocycles. The third-order valence-corrected chi connectivity index (χ3v) is 3.80. The summed E-state index contributed by atoms with van der Waals surface area (Å²) in [5.74, 6) is 0. The summed E-state index contributed by atoms with van der Waals surface area (Å²) in [6.07, 6.45) is 2.78. The van der Waals surface area contributed by atoms with Gasteiger partial charge in [0.05, 0.1) is 6.61 Å². The lowest BCUT2D eigenvalue weighted by Gasteiger charge is -2.32. The molecule has 0 aromatic heterocycles. The molecule has 0 amide bonds. The molecule has 0 aliphatic carbocycles. The molecule has 0 aromatic rings. The number of aliphatic hydroxyl groups is 1. The van der Waals surface area contributed by atoms with Crippen LogP contribution in [0.2, 0.25) is 0 Å². The third kappa shape index (κ3) is 6.69. The lowest BCUT2D eigenvalue weighted by atomic mass is 9.92. The number of likely N-dealkylation sites (N-methyl/N-ethyl adjacent to an activating group) is 2. The third-order valence-electron chi connectivity index (χ3n) is 3.80.